The number of aliphatic hydroxyl groups excluding tert-OH is 1. The molecule has 0 unspecified atom stereocenters. The van der Waals surface area contributed by atoms with Crippen LogP contribution in [0.15, 0.2) is 6.20 Å². The molecule has 1 aromatic heterocycles. The third-order valence-corrected chi connectivity index (χ3v) is 1.60. The minimum atomic E-state index is -1.04. The van der Waals surface area contributed by atoms with Gasteiger partial charge in [-0.15, -0.1) is 5.10 Å². The lowest BCUT2D eigenvalue weighted by Gasteiger charge is -2.09. The molecule has 0 saturated carbocycles. The number of methoxy groups -OCH3 is 1. The third-order valence-electron chi connectivity index (χ3n) is 1.60. The van der Waals surface area contributed by atoms with Gasteiger partial charge in [-0.05, 0) is 0 Å². The summed E-state index contributed by atoms with van der Waals surface area (Å²) in [5, 5.41) is 25.0. The lowest BCUT2D eigenvalue weighted by molar-refractivity contribution is -0.138. The highest BCUT2D eigenvalue weighted by atomic mass is 16.5. The van der Waals surface area contributed by atoms with Crippen molar-refractivity contribution < 1.29 is 19.7 Å². The molecule has 2 N–H and O–H groups in total. The van der Waals surface area contributed by atoms with Gasteiger partial charge in [-0.2, -0.15) is 0 Å². The molecule has 1 heterocycles. The zero-order valence-electron chi connectivity index (χ0n) is 7.62. The van der Waals surface area contributed by atoms with Crippen LogP contribution in [0, 0.1) is 0 Å². The smallest absolute Gasteiger partial charge is 0.325 e. The van der Waals surface area contributed by atoms with E-state index < -0.39 is 12.1 Å². The number of aliphatic hydroxyl groups is 1. The quantitative estimate of drug-likeness (QED) is 0.637. The van der Waals surface area contributed by atoms with Crippen molar-refractivity contribution in [2.75, 3.05) is 13.7 Å². The van der Waals surface area contributed by atoms with Crippen molar-refractivity contribution in [3.05, 3.63) is 11.9 Å². The van der Waals surface area contributed by atoms with Crippen molar-refractivity contribution in [3.8, 4) is 0 Å². The molecule has 0 bridgehead atoms. The zero-order valence-corrected chi connectivity index (χ0v) is 7.62. The monoisotopic (exact) mass is 201 g/mol. The van der Waals surface area contributed by atoms with E-state index in [1.54, 1.807) is 0 Å². The summed E-state index contributed by atoms with van der Waals surface area (Å²) in [4.78, 5) is 10.4. The second-order valence-corrected chi connectivity index (χ2v) is 2.68. The van der Waals surface area contributed by atoms with E-state index >= 15 is 0 Å². The summed E-state index contributed by atoms with van der Waals surface area (Å²) in [7, 11) is 1.44. The summed E-state index contributed by atoms with van der Waals surface area (Å²) in [5.74, 6) is -1.04. The molecule has 0 aromatic carbocycles. The van der Waals surface area contributed by atoms with Gasteiger partial charge in [-0.1, -0.05) is 5.21 Å². The maximum Gasteiger partial charge on any atom is 0.325 e. The first-order valence-electron chi connectivity index (χ1n) is 3.92. The Morgan fingerprint density at radius 2 is 2.50 bits per heavy atom. The van der Waals surface area contributed by atoms with E-state index in [0.29, 0.717) is 5.69 Å². The fraction of sp³-hybridized carbons (Fsp3) is 0.571. The first kappa shape index (κ1) is 10.6. The lowest BCUT2D eigenvalue weighted by atomic mass is 10.3. The summed E-state index contributed by atoms with van der Waals surface area (Å²) in [5.41, 5.74) is 0.328. The van der Waals surface area contributed by atoms with Crippen molar-refractivity contribution in [2.45, 2.75) is 12.6 Å². The Hall–Kier alpha value is -1.47. The number of rotatable bonds is 5. The molecule has 0 amide bonds. The molecule has 78 valence electrons. The number of ether oxygens (including phenoxy) is 1. The number of carboxylic acids is 1. The predicted octanol–water partition coefficient (Wildman–Crippen LogP) is -0.958. The van der Waals surface area contributed by atoms with Crippen LogP contribution in [0.4, 0.5) is 0 Å². The van der Waals surface area contributed by atoms with Crippen LogP contribution in [0.25, 0.3) is 0 Å². The summed E-state index contributed by atoms with van der Waals surface area (Å²) >= 11 is 0. The van der Waals surface area contributed by atoms with E-state index in [1.807, 2.05) is 0 Å². The van der Waals surface area contributed by atoms with Crippen molar-refractivity contribution in [3.63, 3.8) is 0 Å². The Labute approximate surface area is 79.9 Å². The van der Waals surface area contributed by atoms with Gasteiger partial charge >= 0.3 is 5.97 Å². The largest absolute Gasteiger partial charge is 0.480 e. The third kappa shape index (κ3) is 2.51. The highest BCUT2D eigenvalue weighted by Crippen LogP contribution is 2.10. The maximum absolute atomic E-state index is 10.4. The summed E-state index contributed by atoms with van der Waals surface area (Å²) in [6, 6.07) is 0. The fourth-order valence-electron chi connectivity index (χ4n) is 1.02. The molecule has 0 fully saturated rings. The first-order valence-corrected chi connectivity index (χ1v) is 3.92. The number of hydrogen-bond acceptors (Lipinski definition) is 5. The predicted molar refractivity (Wildman–Crippen MR) is 44.5 cm³/mol. The van der Waals surface area contributed by atoms with E-state index in [9.17, 15) is 9.90 Å². The molecule has 1 atom stereocenters. The SMILES string of the molecule is COC[C@H](O)c1cnnn1CC(=O)O. The average Bonchev–Trinajstić information content (AvgIpc) is 2.51. The van der Waals surface area contributed by atoms with E-state index in [-0.39, 0.29) is 13.2 Å². The fourth-order valence-corrected chi connectivity index (χ4v) is 1.02. The molecule has 0 saturated heterocycles. The average molecular weight is 201 g/mol. The number of aliphatic carboxylic acids is 1. The van der Waals surface area contributed by atoms with Gasteiger partial charge in [0.15, 0.2) is 0 Å². The summed E-state index contributed by atoms with van der Waals surface area (Å²) in [6.07, 6.45) is 0.404. The van der Waals surface area contributed by atoms with Gasteiger partial charge in [-0.3, -0.25) is 4.79 Å². The topological polar surface area (TPSA) is 97.5 Å². The van der Waals surface area contributed by atoms with Crippen LogP contribution in [-0.4, -0.2) is 44.9 Å². The van der Waals surface area contributed by atoms with Crippen molar-refractivity contribution >= 4 is 5.97 Å². The molecule has 0 radical (unpaired) electrons. The van der Waals surface area contributed by atoms with Crippen LogP contribution >= 0.6 is 0 Å². The molecule has 7 nitrogen and oxygen atoms in total. The Kier molecular flexibility index (Phi) is 3.55. The van der Waals surface area contributed by atoms with E-state index in [4.69, 9.17) is 9.84 Å². The van der Waals surface area contributed by atoms with Gasteiger partial charge in [-0.25, -0.2) is 4.68 Å². The Balaban J connectivity index is 2.75. The van der Waals surface area contributed by atoms with Gasteiger partial charge in [0.2, 0.25) is 0 Å². The normalized spacial score (nSPS) is 12.7. The highest BCUT2D eigenvalue weighted by Gasteiger charge is 2.15. The van der Waals surface area contributed by atoms with Gasteiger partial charge < -0.3 is 14.9 Å². The summed E-state index contributed by atoms with van der Waals surface area (Å²) in [6.45, 7) is -0.247. The Bertz CT molecular complexity index is 312. The minimum absolute atomic E-state index is 0.0764. The molecule has 7 heteroatoms. The Morgan fingerprint density at radius 1 is 1.79 bits per heavy atom. The van der Waals surface area contributed by atoms with E-state index in [0.717, 1.165) is 4.68 Å². The Morgan fingerprint density at radius 3 is 3.07 bits per heavy atom. The minimum Gasteiger partial charge on any atom is -0.480 e. The number of carbonyl (C=O) groups is 1. The van der Waals surface area contributed by atoms with Crippen LogP contribution < -0.4 is 0 Å². The van der Waals surface area contributed by atoms with E-state index in [2.05, 4.69) is 10.3 Å². The van der Waals surface area contributed by atoms with Gasteiger partial charge in [0, 0.05) is 7.11 Å². The van der Waals surface area contributed by atoms with Gasteiger partial charge in [0.1, 0.15) is 12.6 Å². The van der Waals surface area contributed by atoms with Crippen LogP contribution in [0.3, 0.4) is 0 Å². The molecular weight excluding hydrogens is 190 g/mol. The lowest BCUT2D eigenvalue weighted by Crippen LogP contribution is -2.17. The van der Waals surface area contributed by atoms with Crippen LogP contribution in [0.5, 0.6) is 0 Å². The van der Waals surface area contributed by atoms with Crippen LogP contribution in [0.2, 0.25) is 0 Å². The first-order chi connectivity index (χ1) is 6.65. The number of aromatic nitrogens is 3. The van der Waals surface area contributed by atoms with Crippen LogP contribution in [0.1, 0.15) is 11.8 Å². The van der Waals surface area contributed by atoms with Crippen LogP contribution in [-0.2, 0) is 16.1 Å². The number of carboxylic acid groups (broad SMARTS) is 1. The molecule has 0 aliphatic carbocycles. The number of nitrogens with zero attached hydrogens (tertiary/aromatic N) is 3. The standard InChI is InChI=1S/C7H11N3O4/c1-14-4-6(11)5-2-8-9-10(5)3-7(12)13/h2,6,11H,3-4H2,1H3,(H,12,13)/t6-/m0/s1. The molecule has 1 rings (SSSR count). The van der Waals surface area contributed by atoms with Gasteiger partial charge in [0.05, 0.1) is 18.5 Å². The van der Waals surface area contributed by atoms with Crippen molar-refractivity contribution in [1.29, 1.82) is 0 Å². The van der Waals surface area contributed by atoms with Gasteiger partial charge in [0.25, 0.3) is 0 Å². The molecular formula is C7H11N3O4. The molecule has 0 aliphatic rings. The second-order valence-electron chi connectivity index (χ2n) is 2.68. The highest BCUT2D eigenvalue weighted by molar-refractivity contribution is 5.66. The zero-order chi connectivity index (χ0) is 10.6. The molecule has 0 aliphatic heterocycles. The molecule has 1 aromatic rings. The summed E-state index contributed by atoms with van der Waals surface area (Å²) < 4.78 is 5.84. The van der Waals surface area contributed by atoms with Crippen molar-refractivity contribution in [1.82, 2.24) is 15.0 Å². The van der Waals surface area contributed by atoms with E-state index in [1.165, 1.54) is 13.3 Å². The molecule has 14 heavy (non-hydrogen) atoms. The number of hydrogen-bond donors (Lipinski definition) is 2. The molecule has 0 spiro atoms. The second kappa shape index (κ2) is 4.68. The maximum atomic E-state index is 10.4. The van der Waals surface area contributed by atoms with Crippen molar-refractivity contribution in [2.24, 2.45) is 0 Å².